The van der Waals surface area contributed by atoms with Crippen LogP contribution in [-0.2, 0) is 11.3 Å². The highest BCUT2D eigenvalue weighted by Gasteiger charge is 2.34. The number of benzene rings is 2. The van der Waals surface area contributed by atoms with E-state index in [1.165, 1.54) is 5.56 Å². The Labute approximate surface area is 201 Å². The number of nitrogens with zero attached hydrogens (tertiary/aromatic N) is 1. The Balaban J connectivity index is 0.00000150. The summed E-state index contributed by atoms with van der Waals surface area (Å²) in [7, 11) is 0. The van der Waals surface area contributed by atoms with Gasteiger partial charge in [-0.15, -0.1) is 24.8 Å². The molecule has 2 aliphatic heterocycles. The Morgan fingerprint density at radius 1 is 1.03 bits per heavy atom. The van der Waals surface area contributed by atoms with E-state index >= 15 is 0 Å². The molecule has 0 unspecified atom stereocenters. The molecule has 0 bridgehead atoms. The Kier molecular flexibility index (Phi) is 10.2. The van der Waals surface area contributed by atoms with Crippen LogP contribution < -0.4 is 10.1 Å². The molecule has 0 spiro atoms. The highest BCUT2D eigenvalue weighted by atomic mass is 79.9. The molecule has 8 heteroatoms. The topological polar surface area (TPSA) is 33.7 Å². The first kappa shape index (κ1) is 24.9. The van der Waals surface area contributed by atoms with Gasteiger partial charge in [0.15, 0.2) is 0 Å². The molecule has 1 fully saturated rings. The molecule has 1 saturated heterocycles. The summed E-state index contributed by atoms with van der Waals surface area (Å²) < 4.78 is 14.7. The molecular weight excluding hydrogens is 543 g/mol. The van der Waals surface area contributed by atoms with E-state index in [1.807, 2.05) is 12.1 Å². The maximum Gasteiger partial charge on any atom is 0.124 e. The highest BCUT2D eigenvalue weighted by molar-refractivity contribution is 9.11. The molecule has 2 aromatic rings. The van der Waals surface area contributed by atoms with Gasteiger partial charge in [-0.05, 0) is 29.8 Å². The zero-order valence-corrected chi connectivity index (χ0v) is 20.8. The monoisotopic (exact) mass is 566 g/mol. The molecular formula is C21H26Br2Cl2N2O2. The van der Waals surface area contributed by atoms with Crippen LogP contribution in [0.1, 0.15) is 23.6 Å². The van der Waals surface area contributed by atoms with Crippen LogP contribution >= 0.6 is 56.7 Å². The molecule has 4 rings (SSSR count). The smallest absolute Gasteiger partial charge is 0.124 e. The number of hydrogen-bond acceptors (Lipinski definition) is 4. The van der Waals surface area contributed by atoms with Crippen LogP contribution in [0.2, 0.25) is 0 Å². The first-order chi connectivity index (χ1) is 13.2. The van der Waals surface area contributed by atoms with E-state index in [4.69, 9.17) is 9.47 Å². The van der Waals surface area contributed by atoms with Crippen molar-refractivity contribution in [3.05, 3.63) is 62.5 Å². The Morgan fingerprint density at radius 2 is 1.72 bits per heavy atom. The molecule has 0 aromatic heterocycles. The van der Waals surface area contributed by atoms with Gasteiger partial charge in [0.25, 0.3) is 0 Å². The van der Waals surface area contributed by atoms with Crippen LogP contribution in [0.15, 0.2) is 51.4 Å². The SMILES string of the molecule is Brc1cc(Br)cc(CO[C@@H]2CCOc3ccccc3[C@H]2N2CCNCC2)c1.Cl.Cl. The van der Waals surface area contributed by atoms with Gasteiger partial charge in [0.2, 0.25) is 0 Å². The first-order valence-corrected chi connectivity index (χ1v) is 11.0. The van der Waals surface area contributed by atoms with Crippen LogP contribution in [0.4, 0.5) is 0 Å². The van der Waals surface area contributed by atoms with Crippen molar-refractivity contribution in [3.63, 3.8) is 0 Å². The molecule has 4 nitrogen and oxygen atoms in total. The molecule has 2 heterocycles. The van der Waals surface area contributed by atoms with Crippen LogP contribution in [0.25, 0.3) is 0 Å². The quantitative estimate of drug-likeness (QED) is 0.538. The molecule has 2 aliphatic rings. The zero-order valence-electron chi connectivity index (χ0n) is 16.0. The van der Waals surface area contributed by atoms with Gasteiger partial charge < -0.3 is 14.8 Å². The molecule has 2 atom stereocenters. The minimum atomic E-state index is 0. The van der Waals surface area contributed by atoms with Crippen molar-refractivity contribution in [3.8, 4) is 5.75 Å². The largest absolute Gasteiger partial charge is 0.493 e. The second-order valence-electron chi connectivity index (χ2n) is 7.03. The van der Waals surface area contributed by atoms with E-state index in [9.17, 15) is 0 Å². The second kappa shape index (κ2) is 11.9. The van der Waals surface area contributed by atoms with Crippen LogP contribution in [0, 0.1) is 0 Å². The van der Waals surface area contributed by atoms with Crippen molar-refractivity contribution in [1.82, 2.24) is 10.2 Å². The predicted molar refractivity (Wildman–Crippen MR) is 129 cm³/mol. The summed E-state index contributed by atoms with van der Waals surface area (Å²) in [6.07, 6.45) is 0.989. The lowest BCUT2D eigenvalue weighted by Crippen LogP contribution is -2.48. The van der Waals surface area contributed by atoms with E-state index in [-0.39, 0.29) is 37.0 Å². The summed E-state index contributed by atoms with van der Waals surface area (Å²) in [5.74, 6) is 0.998. The lowest BCUT2D eigenvalue weighted by molar-refractivity contribution is -0.0331. The maximum absolute atomic E-state index is 6.50. The fourth-order valence-electron chi connectivity index (χ4n) is 3.96. The lowest BCUT2D eigenvalue weighted by Gasteiger charge is -2.38. The van der Waals surface area contributed by atoms with Crippen molar-refractivity contribution in [2.45, 2.75) is 25.2 Å². The van der Waals surface area contributed by atoms with Gasteiger partial charge in [-0.2, -0.15) is 0 Å². The van der Waals surface area contributed by atoms with Crippen LogP contribution in [-0.4, -0.2) is 43.8 Å². The summed E-state index contributed by atoms with van der Waals surface area (Å²) in [5, 5.41) is 3.45. The molecule has 29 heavy (non-hydrogen) atoms. The molecule has 0 amide bonds. The number of ether oxygens (including phenoxy) is 2. The average Bonchev–Trinajstić information content (AvgIpc) is 2.85. The summed E-state index contributed by atoms with van der Waals surface area (Å²) in [6, 6.07) is 14.9. The van der Waals surface area contributed by atoms with E-state index in [2.05, 4.69) is 72.4 Å². The Hall–Kier alpha value is -0.340. The third-order valence-corrected chi connectivity index (χ3v) is 6.10. The maximum atomic E-state index is 6.50. The number of hydrogen-bond donors (Lipinski definition) is 1. The van der Waals surface area contributed by atoms with Gasteiger partial charge in [-0.3, -0.25) is 4.90 Å². The van der Waals surface area contributed by atoms with Gasteiger partial charge in [-0.25, -0.2) is 0 Å². The molecule has 0 saturated carbocycles. The van der Waals surface area contributed by atoms with Crippen molar-refractivity contribution in [2.75, 3.05) is 32.8 Å². The van der Waals surface area contributed by atoms with Crippen molar-refractivity contribution in [1.29, 1.82) is 0 Å². The van der Waals surface area contributed by atoms with Crippen molar-refractivity contribution >= 4 is 56.7 Å². The predicted octanol–water partition coefficient (Wildman–Crippen LogP) is 5.37. The van der Waals surface area contributed by atoms with Gasteiger partial charge in [-0.1, -0.05) is 50.1 Å². The zero-order chi connectivity index (χ0) is 18.6. The second-order valence-corrected chi connectivity index (χ2v) is 8.86. The van der Waals surface area contributed by atoms with E-state index in [1.54, 1.807) is 0 Å². The Bertz CT molecular complexity index is 771. The summed E-state index contributed by atoms with van der Waals surface area (Å²) in [6.45, 7) is 5.37. The molecule has 0 aliphatic carbocycles. The third kappa shape index (κ3) is 6.33. The minimum absolute atomic E-state index is 0. The van der Waals surface area contributed by atoms with Crippen molar-refractivity contribution in [2.24, 2.45) is 0 Å². The number of para-hydroxylation sites is 1. The summed E-state index contributed by atoms with van der Waals surface area (Å²) in [5.41, 5.74) is 2.41. The van der Waals surface area contributed by atoms with E-state index in [0.29, 0.717) is 13.2 Å². The van der Waals surface area contributed by atoms with Crippen LogP contribution in [0.3, 0.4) is 0 Å². The minimum Gasteiger partial charge on any atom is -0.493 e. The van der Waals surface area contributed by atoms with E-state index < -0.39 is 0 Å². The van der Waals surface area contributed by atoms with E-state index in [0.717, 1.165) is 52.9 Å². The fraction of sp³-hybridized carbons (Fsp3) is 0.429. The fourth-order valence-corrected chi connectivity index (χ4v) is 5.35. The van der Waals surface area contributed by atoms with Gasteiger partial charge >= 0.3 is 0 Å². The third-order valence-electron chi connectivity index (χ3n) is 5.18. The number of rotatable bonds is 4. The Morgan fingerprint density at radius 3 is 2.45 bits per heavy atom. The molecule has 1 N–H and O–H groups in total. The summed E-state index contributed by atoms with van der Waals surface area (Å²) in [4.78, 5) is 2.55. The van der Waals surface area contributed by atoms with Crippen LogP contribution in [0.5, 0.6) is 5.75 Å². The average molecular weight is 569 g/mol. The highest BCUT2D eigenvalue weighted by Crippen LogP contribution is 2.37. The number of piperazine rings is 1. The van der Waals surface area contributed by atoms with Gasteiger partial charge in [0, 0.05) is 47.1 Å². The number of nitrogens with one attached hydrogen (secondary N) is 1. The van der Waals surface area contributed by atoms with Crippen molar-refractivity contribution < 1.29 is 9.47 Å². The van der Waals surface area contributed by atoms with Gasteiger partial charge in [0.1, 0.15) is 5.75 Å². The molecule has 2 aromatic carbocycles. The normalized spacial score (nSPS) is 21.7. The van der Waals surface area contributed by atoms with Gasteiger partial charge in [0.05, 0.1) is 25.4 Å². The first-order valence-electron chi connectivity index (χ1n) is 9.44. The number of halogens is 4. The summed E-state index contributed by atoms with van der Waals surface area (Å²) >= 11 is 7.13. The standard InChI is InChI=1S/C21H24Br2N2O2.2ClH/c22-16-11-15(12-17(23)13-16)14-27-20-5-10-26-19-4-2-1-3-18(19)21(20)25-8-6-24-7-9-25;;/h1-4,11-13,20-21,24H,5-10,14H2;2*1H/t20-,21-;;/m1../s1. The molecule has 0 radical (unpaired) electrons. The lowest BCUT2D eigenvalue weighted by atomic mass is 9.96. The molecule has 160 valence electrons. The number of fused-ring (bicyclic) bond motifs is 1.